The molecule has 0 saturated carbocycles. The normalized spacial score (nSPS) is 22.4. The Morgan fingerprint density at radius 3 is 2.92 bits per heavy atom. The van der Waals surface area contributed by atoms with Gasteiger partial charge in [0.2, 0.25) is 0 Å². The molecule has 0 N–H and O–H groups in total. The molecule has 0 amide bonds. The summed E-state index contributed by atoms with van der Waals surface area (Å²) in [6.07, 6.45) is 5.91. The first-order valence-electron chi connectivity index (χ1n) is 3.98. The Morgan fingerprint density at radius 2 is 2.42 bits per heavy atom. The maximum absolute atomic E-state index is 5.76. The van der Waals surface area contributed by atoms with E-state index in [9.17, 15) is 0 Å². The second-order valence-electron chi connectivity index (χ2n) is 3.01. The highest BCUT2D eigenvalue weighted by Gasteiger charge is 2.21. The largest absolute Gasteiger partial charge is 0.106 e. The van der Waals surface area contributed by atoms with Crippen LogP contribution in [0.15, 0.2) is 34.4 Å². The summed E-state index contributed by atoms with van der Waals surface area (Å²) < 4.78 is 0.426. The lowest BCUT2D eigenvalue weighted by molar-refractivity contribution is 0.746. The van der Waals surface area contributed by atoms with Gasteiger partial charge < -0.3 is 0 Å². The van der Waals surface area contributed by atoms with Gasteiger partial charge in [-0.05, 0) is 25.3 Å². The summed E-state index contributed by atoms with van der Waals surface area (Å²) in [4.78, 5) is 0. The SMILES string of the molecule is C=CCC1C(C)=CCC1=C(Cl)Cl. The van der Waals surface area contributed by atoms with Crippen molar-refractivity contribution in [1.82, 2.24) is 0 Å². The van der Waals surface area contributed by atoms with Crippen LogP contribution in [0.5, 0.6) is 0 Å². The van der Waals surface area contributed by atoms with Gasteiger partial charge in [0, 0.05) is 5.92 Å². The van der Waals surface area contributed by atoms with Crippen molar-refractivity contribution in [3.8, 4) is 0 Å². The van der Waals surface area contributed by atoms with Crippen LogP contribution in [0.1, 0.15) is 19.8 Å². The van der Waals surface area contributed by atoms with Gasteiger partial charge in [-0.15, -0.1) is 6.58 Å². The van der Waals surface area contributed by atoms with Gasteiger partial charge in [0.25, 0.3) is 0 Å². The topological polar surface area (TPSA) is 0 Å². The Bertz CT molecular complexity index is 245. The Balaban J connectivity index is 2.84. The second-order valence-corrected chi connectivity index (χ2v) is 3.96. The van der Waals surface area contributed by atoms with Gasteiger partial charge >= 0.3 is 0 Å². The lowest BCUT2D eigenvalue weighted by Crippen LogP contribution is -1.98. The van der Waals surface area contributed by atoms with Crippen molar-refractivity contribution in [2.75, 3.05) is 0 Å². The van der Waals surface area contributed by atoms with Gasteiger partial charge in [0.15, 0.2) is 0 Å². The molecule has 1 aliphatic carbocycles. The summed E-state index contributed by atoms with van der Waals surface area (Å²) in [5, 5.41) is 0. The Labute approximate surface area is 83.6 Å². The maximum Gasteiger partial charge on any atom is 0.106 e. The Hall–Kier alpha value is -0.200. The zero-order valence-corrected chi connectivity index (χ0v) is 8.62. The molecule has 0 nitrogen and oxygen atoms in total. The number of hydrogen-bond donors (Lipinski definition) is 0. The van der Waals surface area contributed by atoms with E-state index in [0.29, 0.717) is 10.4 Å². The molecule has 0 fully saturated rings. The van der Waals surface area contributed by atoms with E-state index in [1.165, 1.54) is 5.57 Å². The van der Waals surface area contributed by atoms with E-state index in [1.54, 1.807) is 0 Å². The fraction of sp³-hybridized carbons (Fsp3) is 0.400. The van der Waals surface area contributed by atoms with Gasteiger partial charge in [-0.3, -0.25) is 0 Å². The van der Waals surface area contributed by atoms with Gasteiger partial charge in [0.05, 0.1) is 0 Å². The van der Waals surface area contributed by atoms with Gasteiger partial charge in [0.1, 0.15) is 4.49 Å². The highest BCUT2D eigenvalue weighted by Crippen LogP contribution is 2.37. The van der Waals surface area contributed by atoms with Crippen LogP contribution < -0.4 is 0 Å². The third kappa shape index (κ3) is 1.94. The van der Waals surface area contributed by atoms with Crippen molar-refractivity contribution in [2.45, 2.75) is 19.8 Å². The Morgan fingerprint density at radius 1 is 1.75 bits per heavy atom. The summed E-state index contributed by atoms with van der Waals surface area (Å²) in [7, 11) is 0. The van der Waals surface area contributed by atoms with Crippen LogP contribution in [-0.2, 0) is 0 Å². The first kappa shape index (κ1) is 9.88. The fourth-order valence-corrected chi connectivity index (χ4v) is 1.95. The molecule has 0 bridgehead atoms. The van der Waals surface area contributed by atoms with E-state index in [2.05, 4.69) is 19.6 Å². The van der Waals surface area contributed by atoms with Crippen LogP contribution in [0.2, 0.25) is 0 Å². The van der Waals surface area contributed by atoms with E-state index in [4.69, 9.17) is 23.2 Å². The number of hydrogen-bond acceptors (Lipinski definition) is 0. The summed E-state index contributed by atoms with van der Waals surface area (Å²) in [5.41, 5.74) is 2.49. The molecule has 0 aromatic carbocycles. The van der Waals surface area contributed by atoms with Crippen molar-refractivity contribution in [3.05, 3.63) is 34.4 Å². The third-order valence-corrected chi connectivity index (χ3v) is 2.74. The van der Waals surface area contributed by atoms with E-state index in [1.807, 2.05) is 6.08 Å². The molecule has 12 heavy (non-hydrogen) atoms. The van der Waals surface area contributed by atoms with E-state index in [-0.39, 0.29) is 0 Å². The Kier molecular flexibility index (Phi) is 3.42. The molecule has 0 aromatic rings. The summed E-state index contributed by atoms with van der Waals surface area (Å²) >= 11 is 11.5. The van der Waals surface area contributed by atoms with E-state index in [0.717, 1.165) is 18.4 Å². The summed E-state index contributed by atoms with van der Waals surface area (Å²) in [6.45, 7) is 5.83. The van der Waals surface area contributed by atoms with Crippen LogP contribution in [0.25, 0.3) is 0 Å². The van der Waals surface area contributed by atoms with Crippen molar-refractivity contribution < 1.29 is 0 Å². The van der Waals surface area contributed by atoms with Crippen LogP contribution >= 0.6 is 23.2 Å². The molecule has 1 aliphatic rings. The van der Waals surface area contributed by atoms with Crippen molar-refractivity contribution in [2.24, 2.45) is 5.92 Å². The zero-order valence-electron chi connectivity index (χ0n) is 7.11. The standard InChI is InChI=1S/C10H12Cl2/c1-3-4-8-7(2)5-6-9(8)10(11)12/h3,5,8H,1,4,6H2,2H3. The van der Waals surface area contributed by atoms with Crippen molar-refractivity contribution in [3.63, 3.8) is 0 Å². The van der Waals surface area contributed by atoms with Gasteiger partial charge in [-0.2, -0.15) is 0 Å². The fourth-order valence-electron chi connectivity index (χ4n) is 1.53. The highest BCUT2D eigenvalue weighted by molar-refractivity contribution is 6.56. The predicted molar refractivity (Wildman–Crippen MR) is 55.4 cm³/mol. The average molecular weight is 203 g/mol. The molecule has 0 saturated heterocycles. The molecule has 0 aromatic heterocycles. The van der Waals surface area contributed by atoms with Crippen molar-refractivity contribution in [1.29, 1.82) is 0 Å². The minimum Gasteiger partial charge on any atom is -0.103 e. The van der Waals surface area contributed by atoms with Gasteiger partial charge in [-0.25, -0.2) is 0 Å². The second kappa shape index (κ2) is 4.15. The number of halogens is 2. The minimum absolute atomic E-state index is 0.396. The molecule has 0 spiro atoms. The highest BCUT2D eigenvalue weighted by atomic mass is 35.5. The molecule has 1 unspecified atom stereocenters. The van der Waals surface area contributed by atoms with E-state index >= 15 is 0 Å². The molecular formula is C10H12Cl2. The van der Waals surface area contributed by atoms with Crippen LogP contribution in [0, 0.1) is 5.92 Å². The minimum atomic E-state index is 0.396. The molecule has 1 atom stereocenters. The first-order chi connectivity index (χ1) is 5.66. The maximum atomic E-state index is 5.76. The molecule has 0 aliphatic heterocycles. The number of rotatable bonds is 2. The monoisotopic (exact) mass is 202 g/mol. The predicted octanol–water partition coefficient (Wildman–Crippen LogP) is 4.22. The van der Waals surface area contributed by atoms with Gasteiger partial charge in [-0.1, -0.05) is 40.9 Å². The molecule has 2 heteroatoms. The third-order valence-electron chi connectivity index (χ3n) is 2.26. The first-order valence-corrected chi connectivity index (χ1v) is 4.74. The molecule has 66 valence electrons. The van der Waals surface area contributed by atoms with Crippen LogP contribution in [-0.4, -0.2) is 0 Å². The lowest BCUT2D eigenvalue weighted by Gasteiger charge is -2.11. The molecule has 0 heterocycles. The molecule has 1 rings (SSSR count). The quantitative estimate of drug-likeness (QED) is 0.589. The number of allylic oxidation sites excluding steroid dienone is 4. The summed E-state index contributed by atoms with van der Waals surface area (Å²) in [6, 6.07) is 0. The lowest BCUT2D eigenvalue weighted by atomic mass is 9.95. The average Bonchev–Trinajstić information content (AvgIpc) is 2.34. The van der Waals surface area contributed by atoms with E-state index < -0.39 is 0 Å². The zero-order chi connectivity index (χ0) is 9.14. The summed E-state index contributed by atoms with van der Waals surface area (Å²) in [5.74, 6) is 0.396. The molecular weight excluding hydrogens is 191 g/mol. The van der Waals surface area contributed by atoms with Crippen LogP contribution in [0.3, 0.4) is 0 Å². The smallest absolute Gasteiger partial charge is 0.103 e. The van der Waals surface area contributed by atoms with Crippen LogP contribution in [0.4, 0.5) is 0 Å². The molecule has 0 radical (unpaired) electrons. The van der Waals surface area contributed by atoms with Crippen molar-refractivity contribution >= 4 is 23.2 Å².